The van der Waals surface area contributed by atoms with Crippen molar-refractivity contribution in [3.05, 3.63) is 44.4 Å². The molecule has 2 fully saturated rings. The Hall–Kier alpha value is -2.59. The standard InChI is InChI=1S/C21H21N3O5S2/c25-12-6-4-11(5-7-12)14-15-16(19(28)22-18(15)27)30-20-17(14)31-21(29)24(20)10-13(26)23-8-2-1-3-9-23/h4-7,14-16,25H,1-3,8-10H2,(H,22,27,28). The molecular weight excluding hydrogens is 438 g/mol. The smallest absolute Gasteiger partial charge is 0.308 e. The molecule has 3 atom stereocenters. The molecule has 3 aliphatic heterocycles. The SMILES string of the molecule is O=C1NC(=O)C2C1Sc1c(sc(=O)n1CC(=O)N1CCCCC1)C2c1ccc(O)cc1. The fraction of sp³-hybridized carbons (Fsp3) is 0.429. The Morgan fingerprint density at radius 1 is 1.06 bits per heavy atom. The molecule has 0 radical (unpaired) electrons. The molecule has 3 aliphatic rings. The highest BCUT2D eigenvalue weighted by molar-refractivity contribution is 8.00. The van der Waals surface area contributed by atoms with Gasteiger partial charge in [-0.05, 0) is 37.0 Å². The van der Waals surface area contributed by atoms with Gasteiger partial charge < -0.3 is 10.0 Å². The van der Waals surface area contributed by atoms with Crippen molar-refractivity contribution in [1.82, 2.24) is 14.8 Å². The van der Waals surface area contributed by atoms with Crippen LogP contribution < -0.4 is 10.2 Å². The van der Waals surface area contributed by atoms with Crippen LogP contribution in [0.5, 0.6) is 5.75 Å². The van der Waals surface area contributed by atoms with Crippen molar-refractivity contribution in [3.8, 4) is 5.75 Å². The fourth-order valence-electron chi connectivity index (χ4n) is 4.60. The van der Waals surface area contributed by atoms with E-state index in [1.165, 1.54) is 28.5 Å². The number of phenolic OH excluding ortho intramolecular Hbond substituents is 1. The van der Waals surface area contributed by atoms with Gasteiger partial charge in [0.1, 0.15) is 17.5 Å². The largest absolute Gasteiger partial charge is 0.508 e. The predicted octanol–water partition coefficient (Wildman–Crippen LogP) is 1.51. The van der Waals surface area contributed by atoms with Gasteiger partial charge in [-0.25, -0.2) is 0 Å². The summed E-state index contributed by atoms with van der Waals surface area (Å²) in [4.78, 5) is 53.1. The Labute approximate surface area is 186 Å². The third kappa shape index (κ3) is 3.47. The van der Waals surface area contributed by atoms with Gasteiger partial charge in [0, 0.05) is 23.9 Å². The van der Waals surface area contributed by atoms with Crippen molar-refractivity contribution in [3.63, 3.8) is 0 Å². The molecule has 3 unspecified atom stereocenters. The zero-order valence-electron chi connectivity index (χ0n) is 16.6. The summed E-state index contributed by atoms with van der Waals surface area (Å²) >= 11 is 2.22. The van der Waals surface area contributed by atoms with Crippen LogP contribution in [0.1, 0.15) is 35.6 Å². The number of thiazole rings is 1. The molecule has 2 aromatic rings. The minimum Gasteiger partial charge on any atom is -0.508 e. The molecule has 2 saturated heterocycles. The van der Waals surface area contributed by atoms with Crippen LogP contribution in [0.4, 0.5) is 0 Å². The third-order valence-electron chi connectivity index (χ3n) is 6.14. The lowest BCUT2D eigenvalue weighted by Gasteiger charge is -2.31. The van der Waals surface area contributed by atoms with Crippen molar-refractivity contribution in [2.75, 3.05) is 13.1 Å². The van der Waals surface area contributed by atoms with Gasteiger partial charge in [-0.3, -0.25) is 29.1 Å². The summed E-state index contributed by atoms with van der Waals surface area (Å²) in [6.07, 6.45) is 3.03. The van der Waals surface area contributed by atoms with Crippen molar-refractivity contribution in [1.29, 1.82) is 0 Å². The number of benzene rings is 1. The van der Waals surface area contributed by atoms with Crippen LogP contribution in [-0.2, 0) is 20.9 Å². The van der Waals surface area contributed by atoms with E-state index < -0.39 is 17.1 Å². The average molecular weight is 460 g/mol. The Bertz CT molecular complexity index is 1120. The first-order valence-electron chi connectivity index (χ1n) is 10.3. The van der Waals surface area contributed by atoms with Crippen molar-refractivity contribution >= 4 is 40.8 Å². The van der Waals surface area contributed by atoms with E-state index in [0.717, 1.165) is 36.2 Å². The van der Waals surface area contributed by atoms with Gasteiger partial charge in [-0.15, -0.1) is 0 Å². The lowest BCUT2D eigenvalue weighted by atomic mass is 9.83. The van der Waals surface area contributed by atoms with E-state index in [2.05, 4.69) is 5.32 Å². The van der Waals surface area contributed by atoms with Crippen LogP contribution >= 0.6 is 23.1 Å². The van der Waals surface area contributed by atoms with Crippen LogP contribution in [0, 0.1) is 5.92 Å². The molecule has 2 N–H and O–H groups in total. The van der Waals surface area contributed by atoms with Crippen molar-refractivity contribution in [2.24, 2.45) is 5.92 Å². The second-order valence-corrected chi connectivity index (χ2v) is 10.2. The maximum Gasteiger partial charge on any atom is 0.308 e. The normalized spacial score (nSPS) is 25.2. The monoisotopic (exact) mass is 459 g/mol. The molecule has 0 bridgehead atoms. The summed E-state index contributed by atoms with van der Waals surface area (Å²) in [5, 5.41) is 12.0. The first-order chi connectivity index (χ1) is 14.9. The van der Waals surface area contributed by atoms with E-state index in [0.29, 0.717) is 23.0 Å². The quantitative estimate of drug-likeness (QED) is 0.674. The Kier molecular flexibility index (Phi) is 5.13. The maximum absolute atomic E-state index is 12.9. The van der Waals surface area contributed by atoms with Gasteiger partial charge in [-0.1, -0.05) is 35.2 Å². The average Bonchev–Trinajstić information content (AvgIpc) is 3.23. The topological polar surface area (TPSA) is 109 Å². The molecule has 0 spiro atoms. The number of rotatable bonds is 3. The molecule has 1 aromatic carbocycles. The van der Waals surface area contributed by atoms with Gasteiger partial charge >= 0.3 is 4.87 Å². The zero-order chi connectivity index (χ0) is 21.7. The van der Waals surface area contributed by atoms with E-state index in [-0.39, 0.29) is 34.9 Å². The van der Waals surface area contributed by atoms with E-state index in [4.69, 9.17) is 0 Å². The second kappa shape index (κ2) is 7.83. The first-order valence-corrected chi connectivity index (χ1v) is 12.0. The number of phenols is 1. The minimum absolute atomic E-state index is 0.0626. The van der Waals surface area contributed by atoms with E-state index in [1.807, 2.05) is 0 Å². The Morgan fingerprint density at radius 2 is 1.77 bits per heavy atom. The molecule has 31 heavy (non-hydrogen) atoms. The van der Waals surface area contributed by atoms with Gasteiger partial charge in [-0.2, -0.15) is 0 Å². The molecule has 162 valence electrons. The third-order valence-corrected chi connectivity index (χ3v) is 8.76. The number of thioether (sulfide) groups is 1. The summed E-state index contributed by atoms with van der Waals surface area (Å²) in [6.45, 7) is 1.34. The van der Waals surface area contributed by atoms with Gasteiger partial charge in [0.15, 0.2) is 0 Å². The number of piperidine rings is 1. The van der Waals surface area contributed by atoms with Crippen LogP contribution in [0.15, 0.2) is 34.1 Å². The van der Waals surface area contributed by atoms with Crippen LogP contribution in [0.2, 0.25) is 0 Å². The van der Waals surface area contributed by atoms with Gasteiger partial charge in [0.05, 0.1) is 10.9 Å². The number of hydrogen-bond acceptors (Lipinski definition) is 7. The number of likely N-dealkylation sites (tertiary alicyclic amines) is 1. The predicted molar refractivity (Wildman–Crippen MR) is 115 cm³/mol. The fourth-order valence-corrected chi connectivity index (χ4v) is 7.34. The second-order valence-electron chi connectivity index (χ2n) is 8.05. The number of imide groups is 1. The van der Waals surface area contributed by atoms with E-state index in [9.17, 15) is 24.3 Å². The van der Waals surface area contributed by atoms with E-state index >= 15 is 0 Å². The number of nitrogens with one attached hydrogen (secondary N) is 1. The number of hydrogen-bond donors (Lipinski definition) is 2. The molecule has 5 rings (SSSR count). The highest BCUT2D eigenvalue weighted by Crippen LogP contribution is 2.51. The van der Waals surface area contributed by atoms with Crippen molar-refractivity contribution < 1.29 is 19.5 Å². The summed E-state index contributed by atoms with van der Waals surface area (Å²) < 4.78 is 1.46. The van der Waals surface area contributed by atoms with Crippen LogP contribution in [0.25, 0.3) is 0 Å². The Morgan fingerprint density at radius 3 is 2.48 bits per heavy atom. The maximum atomic E-state index is 12.9. The molecule has 1 aromatic heterocycles. The Balaban J connectivity index is 1.56. The molecule has 3 amide bonds. The lowest BCUT2D eigenvalue weighted by Crippen LogP contribution is -2.39. The summed E-state index contributed by atoms with van der Waals surface area (Å²) in [5.41, 5.74) is 0.745. The number of amides is 3. The van der Waals surface area contributed by atoms with Gasteiger partial charge in [0.2, 0.25) is 17.7 Å². The van der Waals surface area contributed by atoms with E-state index in [1.54, 1.807) is 17.0 Å². The van der Waals surface area contributed by atoms with Crippen molar-refractivity contribution in [2.45, 2.75) is 42.0 Å². The summed E-state index contributed by atoms with van der Waals surface area (Å²) in [5.74, 6) is -1.87. The number of nitrogens with zero attached hydrogens (tertiary/aromatic N) is 2. The molecule has 10 heteroatoms. The van der Waals surface area contributed by atoms with Crippen LogP contribution in [0.3, 0.4) is 0 Å². The summed E-state index contributed by atoms with van der Waals surface area (Å²) in [6, 6.07) is 6.47. The van der Waals surface area contributed by atoms with Gasteiger partial charge in [0.25, 0.3) is 0 Å². The molecule has 0 saturated carbocycles. The lowest BCUT2D eigenvalue weighted by molar-refractivity contribution is -0.133. The zero-order valence-corrected chi connectivity index (χ0v) is 18.2. The number of aromatic nitrogens is 1. The number of carbonyl (C=O) groups excluding carboxylic acids is 3. The number of fused-ring (bicyclic) bond motifs is 2. The highest BCUT2D eigenvalue weighted by Gasteiger charge is 2.52. The summed E-state index contributed by atoms with van der Waals surface area (Å²) in [7, 11) is 0. The molecule has 0 aliphatic carbocycles. The first kappa shape index (κ1) is 20.3. The highest BCUT2D eigenvalue weighted by atomic mass is 32.2. The van der Waals surface area contributed by atoms with Crippen LogP contribution in [-0.4, -0.2) is 50.6 Å². The molecule has 8 nitrogen and oxygen atoms in total. The molecular formula is C21H21N3O5S2. The number of aromatic hydroxyl groups is 1. The number of carbonyl (C=O) groups is 3. The molecule has 4 heterocycles. The minimum atomic E-state index is -0.663.